The number of anilines is 1. The van der Waals surface area contributed by atoms with Crippen LogP contribution in [0.4, 0.5) is 5.95 Å². The van der Waals surface area contributed by atoms with Crippen LogP contribution in [-0.2, 0) is 20.7 Å². The quantitative estimate of drug-likeness (QED) is 0.745. The van der Waals surface area contributed by atoms with Crippen LogP contribution in [0.15, 0.2) is 36.7 Å². The Labute approximate surface area is 146 Å². The van der Waals surface area contributed by atoms with E-state index in [9.17, 15) is 9.59 Å². The second-order valence-corrected chi connectivity index (χ2v) is 5.73. The summed E-state index contributed by atoms with van der Waals surface area (Å²) in [5.74, 6) is -0.0335. The summed E-state index contributed by atoms with van der Waals surface area (Å²) >= 11 is 0. The molecule has 0 radical (unpaired) electrons. The van der Waals surface area contributed by atoms with E-state index >= 15 is 0 Å². The molecule has 1 amide bonds. The Bertz CT molecular complexity index is 714. The first-order valence-corrected chi connectivity index (χ1v) is 7.97. The maximum Gasteiger partial charge on any atom is 0.325 e. The Kier molecular flexibility index (Phi) is 6.45. The number of carbonyl (C=O) groups is 2. The predicted octanol–water partition coefficient (Wildman–Crippen LogP) is 1.80. The van der Waals surface area contributed by atoms with Crippen molar-refractivity contribution < 1.29 is 14.3 Å². The number of nitrogens with zero attached hydrogens (tertiary/aromatic N) is 2. The van der Waals surface area contributed by atoms with Gasteiger partial charge in [-0.1, -0.05) is 24.3 Å². The number of hydrogen-bond donors (Lipinski definition) is 2. The highest BCUT2D eigenvalue weighted by molar-refractivity contribution is 5.74. The monoisotopic (exact) mass is 342 g/mol. The zero-order valence-corrected chi connectivity index (χ0v) is 14.6. The first kappa shape index (κ1) is 18.4. The van der Waals surface area contributed by atoms with Crippen molar-refractivity contribution in [2.75, 3.05) is 19.0 Å². The minimum Gasteiger partial charge on any atom is -0.468 e. The summed E-state index contributed by atoms with van der Waals surface area (Å²) in [7, 11) is 1.33. The summed E-state index contributed by atoms with van der Waals surface area (Å²) < 4.78 is 4.54. The summed E-state index contributed by atoms with van der Waals surface area (Å²) in [5, 5.41) is 5.66. The third-order valence-electron chi connectivity index (χ3n) is 3.55. The second-order valence-electron chi connectivity index (χ2n) is 5.73. The molecule has 2 aromatic rings. The Balaban J connectivity index is 1.97. The molecular weight excluding hydrogens is 320 g/mol. The lowest BCUT2D eigenvalue weighted by atomic mass is 10.0. The van der Waals surface area contributed by atoms with Crippen LogP contribution in [0, 0.1) is 0 Å². The van der Waals surface area contributed by atoms with Crippen LogP contribution < -0.4 is 10.6 Å². The van der Waals surface area contributed by atoms with Gasteiger partial charge in [-0.05, 0) is 24.5 Å². The first-order chi connectivity index (χ1) is 12.0. The van der Waals surface area contributed by atoms with Gasteiger partial charge in [0.1, 0.15) is 6.54 Å². The predicted molar refractivity (Wildman–Crippen MR) is 95.0 cm³/mol. The van der Waals surface area contributed by atoms with Crippen LogP contribution in [0.5, 0.6) is 0 Å². The molecule has 1 aromatic heterocycles. The molecule has 132 valence electrons. The van der Waals surface area contributed by atoms with Crippen molar-refractivity contribution in [2.45, 2.75) is 26.3 Å². The number of nitrogens with one attached hydrogen (secondary N) is 2. The molecule has 1 aromatic carbocycles. The van der Waals surface area contributed by atoms with E-state index in [1.54, 1.807) is 12.4 Å². The zero-order chi connectivity index (χ0) is 18.2. The van der Waals surface area contributed by atoms with E-state index in [0.29, 0.717) is 5.95 Å². The number of aromatic nitrogens is 2. The van der Waals surface area contributed by atoms with Gasteiger partial charge in [0.15, 0.2) is 0 Å². The Morgan fingerprint density at radius 2 is 1.76 bits per heavy atom. The SMILES string of the molecule is COC(=O)CNc1ncc(-c2ccc(CC(C)NC(C)=O)cc2)cn1. The van der Waals surface area contributed by atoms with Crippen molar-refractivity contribution >= 4 is 17.8 Å². The minimum atomic E-state index is -0.378. The van der Waals surface area contributed by atoms with Gasteiger partial charge < -0.3 is 15.4 Å². The molecular formula is C18H22N4O3. The molecule has 25 heavy (non-hydrogen) atoms. The van der Waals surface area contributed by atoms with Crippen molar-refractivity contribution in [1.82, 2.24) is 15.3 Å². The van der Waals surface area contributed by atoms with Gasteiger partial charge in [-0.2, -0.15) is 0 Å². The van der Waals surface area contributed by atoms with E-state index in [1.165, 1.54) is 14.0 Å². The number of methoxy groups -OCH3 is 1. The average molecular weight is 342 g/mol. The van der Waals surface area contributed by atoms with Gasteiger partial charge in [-0.25, -0.2) is 9.97 Å². The highest BCUT2D eigenvalue weighted by atomic mass is 16.5. The molecule has 0 saturated heterocycles. The first-order valence-electron chi connectivity index (χ1n) is 7.97. The lowest BCUT2D eigenvalue weighted by molar-refractivity contribution is -0.138. The van der Waals surface area contributed by atoms with Crippen molar-refractivity contribution in [1.29, 1.82) is 0 Å². The van der Waals surface area contributed by atoms with E-state index in [2.05, 4.69) is 25.3 Å². The van der Waals surface area contributed by atoms with Gasteiger partial charge in [-0.3, -0.25) is 9.59 Å². The standard InChI is InChI=1S/C18H22N4O3/c1-12(22-13(2)23)8-14-4-6-15(7-5-14)16-9-19-18(20-10-16)21-11-17(24)25-3/h4-7,9-10,12H,8,11H2,1-3H3,(H,22,23)(H,19,20,21). The van der Waals surface area contributed by atoms with Crippen molar-refractivity contribution in [3.8, 4) is 11.1 Å². The number of hydrogen-bond acceptors (Lipinski definition) is 6. The van der Waals surface area contributed by atoms with Crippen LogP contribution >= 0.6 is 0 Å². The molecule has 0 bridgehead atoms. The number of ether oxygens (including phenoxy) is 1. The van der Waals surface area contributed by atoms with Crippen molar-refractivity contribution in [2.24, 2.45) is 0 Å². The third-order valence-corrected chi connectivity index (χ3v) is 3.55. The average Bonchev–Trinajstić information content (AvgIpc) is 2.60. The van der Waals surface area contributed by atoms with E-state index in [0.717, 1.165) is 23.1 Å². The molecule has 0 spiro atoms. The molecule has 1 unspecified atom stereocenters. The normalized spacial score (nSPS) is 11.5. The number of benzene rings is 1. The van der Waals surface area contributed by atoms with Gasteiger partial charge in [0.25, 0.3) is 0 Å². The topological polar surface area (TPSA) is 93.2 Å². The number of esters is 1. The molecule has 1 atom stereocenters. The third kappa shape index (κ3) is 5.87. The van der Waals surface area contributed by atoms with E-state index in [1.807, 2.05) is 31.2 Å². The summed E-state index contributed by atoms with van der Waals surface area (Å²) in [5.41, 5.74) is 3.02. The van der Waals surface area contributed by atoms with Crippen LogP contribution in [0.2, 0.25) is 0 Å². The van der Waals surface area contributed by atoms with Gasteiger partial charge >= 0.3 is 5.97 Å². The molecule has 0 saturated carbocycles. The fourth-order valence-electron chi connectivity index (χ4n) is 2.38. The Morgan fingerprint density at radius 1 is 1.12 bits per heavy atom. The molecule has 2 N–H and O–H groups in total. The zero-order valence-electron chi connectivity index (χ0n) is 14.6. The molecule has 7 heteroatoms. The number of rotatable bonds is 7. The summed E-state index contributed by atoms with van der Waals surface area (Å²) in [6.07, 6.45) is 4.16. The lowest BCUT2D eigenvalue weighted by Crippen LogP contribution is -2.31. The van der Waals surface area contributed by atoms with Crippen LogP contribution in [0.1, 0.15) is 19.4 Å². The molecule has 0 aliphatic rings. The van der Waals surface area contributed by atoms with Crippen molar-refractivity contribution in [3.63, 3.8) is 0 Å². The van der Waals surface area contributed by atoms with E-state index < -0.39 is 0 Å². The summed E-state index contributed by atoms with van der Waals surface area (Å²) in [4.78, 5) is 30.5. The van der Waals surface area contributed by atoms with E-state index in [4.69, 9.17) is 0 Å². The van der Waals surface area contributed by atoms with Crippen LogP contribution in [0.3, 0.4) is 0 Å². The van der Waals surface area contributed by atoms with Gasteiger partial charge in [0, 0.05) is 30.9 Å². The molecule has 0 aliphatic heterocycles. The van der Waals surface area contributed by atoms with Crippen LogP contribution in [-0.4, -0.2) is 41.5 Å². The maximum atomic E-state index is 11.1. The van der Waals surface area contributed by atoms with Gasteiger partial charge in [0.2, 0.25) is 11.9 Å². The molecule has 2 rings (SSSR count). The largest absolute Gasteiger partial charge is 0.468 e. The maximum absolute atomic E-state index is 11.1. The van der Waals surface area contributed by atoms with E-state index in [-0.39, 0.29) is 24.5 Å². The highest BCUT2D eigenvalue weighted by Gasteiger charge is 2.06. The lowest BCUT2D eigenvalue weighted by Gasteiger charge is -2.12. The highest BCUT2D eigenvalue weighted by Crippen LogP contribution is 2.19. The second kappa shape index (κ2) is 8.77. The van der Waals surface area contributed by atoms with Crippen molar-refractivity contribution in [3.05, 3.63) is 42.2 Å². The van der Waals surface area contributed by atoms with Gasteiger partial charge in [0.05, 0.1) is 7.11 Å². The minimum absolute atomic E-state index is 0.0248. The Morgan fingerprint density at radius 3 is 2.32 bits per heavy atom. The summed E-state index contributed by atoms with van der Waals surface area (Å²) in [6.45, 7) is 3.52. The summed E-state index contributed by atoms with van der Waals surface area (Å²) in [6, 6.07) is 8.13. The van der Waals surface area contributed by atoms with Gasteiger partial charge in [-0.15, -0.1) is 0 Å². The molecule has 0 aliphatic carbocycles. The molecule has 7 nitrogen and oxygen atoms in total. The Hall–Kier alpha value is -2.96. The molecule has 1 heterocycles. The van der Waals surface area contributed by atoms with Crippen LogP contribution in [0.25, 0.3) is 11.1 Å². The smallest absolute Gasteiger partial charge is 0.325 e. The fraction of sp³-hybridized carbons (Fsp3) is 0.333. The fourth-order valence-corrected chi connectivity index (χ4v) is 2.38. The number of carbonyl (C=O) groups excluding carboxylic acids is 2. The number of amides is 1. The molecule has 0 fully saturated rings.